The van der Waals surface area contributed by atoms with Gasteiger partial charge in [-0.15, -0.1) is 11.8 Å². The van der Waals surface area contributed by atoms with Crippen molar-refractivity contribution in [2.75, 3.05) is 13.1 Å². The van der Waals surface area contributed by atoms with Gasteiger partial charge in [-0.2, -0.15) is 0 Å². The van der Waals surface area contributed by atoms with Gasteiger partial charge in [0.2, 0.25) is 11.8 Å². The van der Waals surface area contributed by atoms with Crippen LogP contribution in [0.5, 0.6) is 0 Å². The minimum atomic E-state index is -1.33. The van der Waals surface area contributed by atoms with Crippen LogP contribution in [-0.2, 0) is 14.4 Å². The first-order chi connectivity index (χ1) is 12.4. The number of amides is 2. The summed E-state index contributed by atoms with van der Waals surface area (Å²) in [6.45, 7) is 2.98. The number of aliphatic hydroxyl groups is 1. The van der Waals surface area contributed by atoms with E-state index in [0.29, 0.717) is 24.3 Å². The third-order valence-electron chi connectivity index (χ3n) is 5.89. The minimum absolute atomic E-state index is 0. The van der Waals surface area contributed by atoms with Crippen LogP contribution < -0.4 is 45.3 Å². The number of aliphatic hydroxyl groups excluding tert-OH is 1. The molecule has 142 valence electrons. The van der Waals surface area contributed by atoms with Crippen molar-refractivity contribution in [3.8, 4) is 0 Å². The third kappa shape index (κ3) is 3.70. The average molecular weight is 403 g/mol. The van der Waals surface area contributed by atoms with Crippen molar-refractivity contribution in [3.05, 3.63) is 10.6 Å². The zero-order chi connectivity index (χ0) is 18.6. The molecule has 0 spiro atoms. The summed E-state index contributed by atoms with van der Waals surface area (Å²) in [7, 11) is 0. The fraction of sp³-hybridized carbons (Fsp3) is 0.706. The van der Waals surface area contributed by atoms with E-state index in [-0.39, 0.29) is 70.3 Å². The summed E-state index contributed by atoms with van der Waals surface area (Å²) in [4.78, 5) is 37.2. The maximum absolute atomic E-state index is 12.2. The molecule has 0 aromatic carbocycles. The second-order valence-corrected chi connectivity index (χ2v) is 8.96. The SMILES string of the molecule is C[C@@H](O)[C@H]1C(=O)N2C(C(=O)[O-])=C(S[C@@H]3CN[C@@H](C4CNC(=O)C4)C3)C[C@H]12.[Na+]. The fourth-order valence-corrected chi connectivity index (χ4v) is 6.07. The van der Waals surface area contributed by atoms with E-state index in [0.717, 1.165) is 13.0 Å². The van der Waals surface area contributed by atoms with E-state index in [1.54, 1.807) is 6.92 Å². The van der Waals surface area contributed by atoms with E-state index >= 15 is 0 Å². The zero-order valence-electron chi connectivity index (χ0n) is 15.4. The van der Waals surface area contributed by atoms with Crippen LogP contribution in [0.2, 0.25) is 0 Å². The molecule has 27 heavy (non-hydrogen) atoms. The van der Waals surface area contributed by atoms with Gasteiger partial charge < -0.3 is 30.5 Å². The number of nitrogens with one attached hydrogen (secondary N) is 2. The first kappa shape index (κ1) is 21.1. The van der Waals surface area contributed by atoms with Crippen molar-refractivity contribution in [2.24, 2.45) is 11.8 Å². The molecule has 3 saturated heterocycles. The summed E-state index contributed by atoms with van der Waals surface area (Å²) < 4.78 is 0. The molecule has 4 rings (SSSR count). The quantitative estimate of drug-likeness (QED) is 0.311. The maximum atomic E-state index is 12.2. The van der Waals surface area contributed by atoms with Gasteiger partial charge in [0.15, 0.2) is 0 Å². The Balaban J connectivity index is 0.00000210. The second kappa shape index (κ2) is 8.04. The molecule has 6 atom stereocenters. The zero-order valence-corrected chi connectivity index (χ0v) is 18.3. The molecule has 0 saturated carbocycles. The fourth-order valence-electron chi connectivity index (χ4n) is 4.62. The monoisotopic (exact) mass is 403 g/mol. The van der Waals surface area contributed by atoms with Crippen molar-refractivity contribution in [3.63, 3.8) is 0 Å². The maximum Gasteiger partial charge on any atom is 1.00 e. The van der Waals surface area contributed by atoms with E-state index in [1.165, 1.54) is 16.7 Å². The number of carbonyl (C=O) groups is 3. The third-order valence-corrected chi connectivity index (χ3v) is 7.23. The van der Waals surface area contributed by atoms with E-state index in [1.807, 2.05) is 0 Å². The Morgan fingerprint density at radius 1 is 1.33 bits per heavy atom. The summed E-state index contributed by atoms with van der Waals surface area (Å²) in [5, 5.41) is 27.9. The predicted octanol–water partition coefficient (Wildman–Crippen LogP) is -4.84. The number of nitrogens with zero attached hydrogens (tertiary/aromatic N) is 1. The number of thioether (sulfide) groups is 1. The Hall–Kier alpha value is -0.580. The molecule has 1 unspecified atom stereocenters. The Bertz CT molecular complexity index is 700. The smallest absolute Gasteiger partial charge is 0.543 e. The molecule has 4 heterocycles. The molecule has 2 amide bonds. The topological polar surface area (TPSA) is 122 Å². The van der Waals surface area contributed by atoms with Crippen molar-refractivity contribution < 1.29 is 54.2 Å². The van der Waals surface area contributed by atoms with Gasteiger partial charge in [0, 0.05) is 48.0 Å². The summed E-state index contributed by atoms with van der Waals surface area (Å²) >= 11 is 1.49. The van der Waals surface area contributed by atoms with Crippen LogP contribution in [0, 0.1) is 11.8 Å². The van der Waals surface area contributed by atoms with Gasteiger partial charge in [0.05, 0.1) is 29.7 Å². The van der Waals surface area contributed by atoms with Crippen molar-refractivity contribution >= 4 is 29.5 Å². The number of aliphatic carboxylic acids is 1. The predicted molar refractivity (Wildman–Crippen MR) is 91.4 cm³/mol. The number of rotatable bonds is 5. The summed E-state index contributed by atoms with van der Waals surface area (Å²) in [6.07, 6.45) is 1.05. The molecule has 10 heteroatoms. The Morgan fingerprint density at radius 2 is 2.07 bits per heavy atom. The normalized spacial score (nSPS) is 36.2. The standard InChI is InChI=1S/C17H23N3O5S.Na/c1-7(21)14-11-4-12(15(17(24)25)20(11)16(14)23)26-9-3-10(18-6-9)8-2-13(22)19-5-8;/h7-11,14,18,21H,2-6H2,1H3,(H,19,22)(H,24,25);/q;+1/p-1/t7-,8?,9+,10-,11-,14-;/m1./s1. The first-order valence-electron chi connectivity index (χ1n) is 8.99. The molecule has 0 aliphatic carbocycles. The first-order valence-corrected chi connectivity index (χ1v) is 9.87. The van der Waals surface area contributed by atoms with Gasteiger partial charge in [-0.25, -0.2) is 0 Å². The van der Waals surface area contributed by atoms with Crippen LogP contribution >= 0.6 is 11.8 Å². The molecule has 4 aliphatic heterocycles. The molecular formula is C17H22N3NaO5S. The molecule has 0 aromatic rings. The van der Waals surface area contributed by atoms with E-state index in [9.17, 15) is 24.6 Å². The Kier molecular flexibility index (Phi) is 6.29. The number of carboxylic acids is 1. The van der Waals surface area contributed by atoms with E-state index in [2.05, 4.69) is 10.6 Å². The molecule has 0 radical (unpaired) electrons. The number of hydrogen-bond donors (Lipinski definition) is 3. The van der Waals surface area contributed by atoms with Gasteiger partial charge in [-0.05, 0) is 13.3 Å². The molecule has 4 aliphatic rings. The van der Waals surface area contributed by atoms with Crippen LogP contribution in [-0.4, -0.2) is 64.3 Å². The summed E-state index contributed by atoms with van der Waals surface area (Å²) in [5.41, 5.74) is -0.0249. The average Bonchev–Trinajstić information content (AvgIpc) is 3.25. The van der Waals surface area contributed by atoms with Crippen LogP contribution in [0.3, 0.4) is 0 Å². The van der Waals surface area contributed by atoms with Crippen molar-refractivity contribution in [1.29, 1.82) is 0 Å². The van der Waals surface area contributed by atoms with Gasteiger partial charge in [0.25, 0.3) is 0 Å². The van der Waals surface area contributed by atoms with Gasteiger partial charge in [-0.3, -0.25) is 9.59 Å². The van der Waals surface area contributed by atoms with E-state index < -0.39 is 18.0 Å². The van der Waals surface area contributed by atoms with Crippen molar-refractivity contribution in [1.82, 2.24) is 15.5 Å². The van der Waals surface area contributed by atoms with Crippen LogP contribution in [0.15, 0.2) is 10.6 Å². The summed E-state index contributed by atoms with van der Waals surface area (Å²) in [5.74, 6) is -1.85. The van der Waals surface area contributed by atoms with E-state index in [4.69, 9.17) is 0 Å². The molecule has 3 N–H and O–H groups in total. The number of β-lactam (4-membered cyclic amide) rings is 1. The van der Waals surface area contributed by atoms with Gasteiger partial charge in [0.1, 0.15) is 0 Å². The molecule has 0 aromatic heterocycles. The van der Waals surface area contributed by atoms with Gasteiger partial charge >= 0.3 is 29.6 Å². The number of hydrogen-bond acceptors (Lipinski definition) is 7. The minimum Gasteiger partial charge on any atom is -0.543 e. The van der Waals surface area contributed by atoms with Crippen LogP contribution in [0.4, 0.5) is 0 Å². The second-order valence-electron chi connectivity index (χ2n) is 7.56. The largest absolute Gasteiger partial charge is 1.00 e. The number of carbonyl (C=O) groups excluding carboxylic acids is 3. The molecule has 0 bridgehead atoms. The van der Waals surface area contributed by atoms with Gasteiger partial charge in [-0.1, -0.05) is 0 Å². The Labute approximate surface area is 183 Å². The van der Waals surface area contributed by atoms with Crippen LogP contribution in [0.25, 0.3) is 0 Å². The number of fused-ring (bicyclic) bond motifs is 1. The van der Waals surface area contributed by atoms with Crippen molar-refractivity contribution in [2.45, 2.75) is 49.6 Å². The van der Waals surface area contributed by atoms with Crippen LogP contribution in [0.1, 0.15) is 26.2 Å². The Morgan fingerprint density at radius 3 is 2.67 bits per heavy atom. The number of carboxylic acid groups (broad SMARTS) is 1. The summed E-state index contributed by atoms with van der Waals surface area (Å²) in [6, 6.07) is -0.0385. The molecule has 8 nitrogen and oxygen atoms in total. The molecular weight excluding hydrogens is 381 g/mol. The molecule has 3 fully saturated rings.